The second kappa shape index (κ2) is 7.98. The number of nitrogens with one attached hydrogen (secondary N) is 1. The van der Waals surface area contributed by atoms with Crippen molar-refractivity contribution in [3.05, 3.63) is 107 Å². The maximum absolute atomic E-state index is 13.1. The topological polar surface area (TPSA) is 29.1 Å². The van der Waals surface area contributed by atoms with E-state index < -0.39 is 17.2 Å². The smallest absolute Gasteiger partial charge is 0.348 e. The van der Waals surface area contributed by atoms with E-state index in [0.717, 1.165) is 42.5 Å². The normalized spacial score (nSPS) is 21.4. The average Bonchev–Trinajstić information content (AvgIpc) is 3.19. The Morgan fingerprint density at radius 2 is 1.40 bits per heavy atom. The van der Waals surface area contributed by atoms with Gasteiger partial charge in [0, 0.05) is 17.0 Å². The quantitative estimate of drug-likeness (QED) is 0.565. The lowest BCUT2D eigenvalue weighted by molar-refractivity contribution is -0.137. The van der Waals surface area contributed by atoms with Gasteiger partial charge < -0.3 is 5.32 Å². The first-order valence-corrected chi connectivity index (χ1v) is 10.0. The van der Waals surface area contributed by atoms with Crippen molar-refractivity contribution < 1.29 is 18.0 Å². The van der Waals surface area contributed by atoms with Crippen LogP contribution in [0.5, 0.6) is 0 Å². The Morgan fingerprint density at radius 3 is 2.00 bits per heavy atom. The van der Waals surface area contributed by atoms with Gasteiger partial charge in [0.05, 0.1) is 5.56 Å². The van der Waals surface area contributed by atoms with Crippen LogP contribution < -0.4 is 5.32 Å². The summed E-state index contributed by atoms with van der Waals surface area (Å²) in [5.74, 6) is -0.172. The van der Waals surface area contributed by atoms with E-state index >= 15 is 0 Å². The molecule has 0 heterocycles. The lowest BCUT2D eigenvalue weighted by Gasteiger charge is -2.37. The molecule has 0 spiro atoms. The number of hydrogen-bond donors (Lipinski definition) is 1. The molecule has 0 unspecified atom stereocenters. The fraction of sp³-hybridized carbons (Fsp3) is 0.240. The molecular weight excluding hydrogens is 387 g/mol. The summed E-state index contributed by atoms with van der Waals surface area (Å²) < 4.78 is 39.3. The van der Waals surface area contributed by atoms with Gasteiger partial charge in [-0.25, -0.2) is 0 Å². The van der Waals surface area contributed by atoms with Gasteiger partial charge in [-0.1, -0.05) is 67.1 Å². The van der Waals surface area contributed by atoms with Crippen LogP contribution in [0.1, 0.15) is 46.3 Å². The number of halogens is 3. The van der Waals surface area contributed by atoms with Gasteiger partial charge in [0.15, 0.2) is 0 Å². The second-order valence-electron chi connectivity index (χ2n) is 7.70. The van der Waals surface area contributed by atoms with Crippen LogP contribution in [0.25, 0.3) is 0 Å². The highest BCUT2D eigenvalue weighted by atomic mass is 19.4. The molecule has 0 bridgehead atoms. The van der Waals surface area contributed by atoms with Gasteiger partial charge in [0.1, 0.15) is 0 Å². The summed E-state index contributed by atoms with van der Waals surface area (Å²) in [4.78, 5) is 12.9. The molecule has 1 amide bonds. The van der Waals surface area contributed by atoms with Crippen LogP contribution in [-0.2, 0) is 11.6 Å². The molecule has 30 heavy (non-hydrogen) atoms. The van der Waals surface area contributed by atoms with E-state index in [0.29, 0.717) is 5.56 Å². The van der Waals surface area contributed by atoms with E-state index in [-0.39, 0.29) is 11.9 Å². The van der Waals surface area contributed by atoms with E-state index in [1.54, 1.807) is 24.3 Å². The maximum Gasteiger partial charge on any atom is 0.416 e. The van der Waals surface area contributed by atoms with Crippen molar-refractivity contribution >= 4 is 5.91 Å². The molecule has 0 radical (unpaired) electrons. The third kappa shape index (κ3) is 3.72. The molecule has 4 rings (SSSR count). The van der Waals surface area contributed by atoms with Gasteiger partial charge in [0.25, 0.3) is 5.91 Å². The maximum atomic E-state index is 13.1. The molecule has 1 aliphatic rings. The molecule has 0 saturated heterocycles. The molecule has 1 saturated carbocycles. The number of hydrogen-bond acceptors (Lipinski definition) is 1. The Labute approximate surface area is 173 Å². The van der Waals surface area contributed by atoms with Crippen molar-refractivity contribution in [2.75, 3.05) is 0 Å². The number of benzene rings is 3. The molecule has 3 aromatic carbocycles. The Balaban J connectivity index is 1.75. The zero-order valence-corrected chi connectivity index (χ0v) is 16.3. The summed E-state index contributed by atoms with van der Waals surface area (Å²) in [6.45, 7) is 0. The van der Waals surface area contributed by atoms with Gasteiger partial charge in [-0.15, -0.1) is 0 Å². The summed E-state index contributed by atoms with van der Waals surface area (Å²) in [6, 6.07) is 23.9. The van der Waals surface area contributed by atoms with E-state index in [1.807, 2.05) is 48.5 Å². The zero-order valence-electron chi connectivity index (χ0n) is 16.3. The largest absolute Gasteiger partial charge is 0.416 e. The highest BCUT2D eigenvalue weighted by molar-refractivity contribution is 5.94. The molecule has 3 aromatic rings. The van der Waals surface area contributed by atoms with Gasteiger partial charge >= 0.3 is 6.18 Å². The lowest BCUT2D eigenvalue weighted by atomic mass is 9.70. The van der Waals surface area contributed by atoms with Crippen LogP contribution in [0.15, 0.2) is 84.9 Å². The number of carbonyl (C=O) groups excluding carboxylic acids is 1. The average molecular weight is 409 g/mol. The van der Waals surface area contributed by atoms with Crippen molar-refractivity contribution in [1.29, 1.82) is 0 Å². The standard InChI is InChI=1S/C25H22F3NO/c26-25(27,28)21-15-13-20(14-16-21)24(19-10-5-2-6-11-19)17-7-12-22(24)29-23(30)18-8-3-1-4-9-18/h1-6,8-11,13-16,22H,7,12,17H2,(H,29,30)/t22-,24-/m1/s1. The molecule has 5 heteroatoms. The van der Waals surface area contributed by atoms with Gasteiger partial charge in [0.2, 0.25) is 0 Å². The van der Waals surface area contributed by atoms with Crippen LogP contribution in [0.2, 0.25) is 0 Å². The van der Waals surface area contributed by atoms with E-state index in [1.165, 1.54) is 0 Å². The molecule has 1 aliphatic carbocycles. The SMILES string of the molecule is O=C(N[C@@H]1CCC[C@@]1(c1ccccc1)c1ccc(C(F)(F)F)cc1)c1ccccc1. The number of alkyl halides is 3. The number of rotatable bonds is 4. The molecule has 1 fully saturated rings. The minimum Gasteiger partial charge on any atom is -0.348 e. The Morgan fingerprint density at radius 1 is 0.833 bits per heavy atom. The summed E-state index contributed by atoms with van der Waals surface area (Å²) in [7, 11) is 0. The first kappa shape index (κ1) is 20.2. The van der Waals surface area contributed by atoms with Crippen molar-refractivity contribution in [3.8, 4) is 0 Å². The van der Waals surface area contributed by atoms with E-state index in [2.05, 4.69) is 5.32 Å². The van der Waals surface area contributed by atoms with Crippen molar-refractivity contribution in [2.45, 2.75) is 36.9 Å². The van der Waals surface area contributed by atoms with Crippen LogP contribution >= 0.6 is 0 Å². The Hall–Kier alpha value is -3.08. The molecule has 2 nitrogen and oxygen atoms in total. The third-order valence-corrected chi connectivity index (χ3v) is 6.02. The summed E-state index contributed by atoms with van der Waals surface area (Å²) in [5, 5.41) is 3.17. The molecule has 2 atom stereocenters. The van der Waals surface area contributed by atoms with Crippen molar-refractivity contribution in [3.63, 3.8) is 0 Å². The van der Waals surface area contributed by atoms with Gasteiger partial charge in [-0.2, -0.15) is 13.2 Å². The summed E-state index contributed by atoms with van der Waals surface area (Å²) >= 11 is 0. The Kier molecular flexibility index (Phi) is 5.37. The molecule has 0 aromatic heterocycles. The zero-order chi connectivity index (χ0) is 21.2. The minimum atomic E-state index is -4.38. The van der Waals surface area contributed by atoms with Gasteiger partial charge in [-0.3, -0.25) is 4.79 Å². The van der Waals surface area contributed by atoms with Crippen LogP contribution in [0.4, 0.5) is 13.2 Å². The minimum absolute atomic E-state index is 0.172. The van der Waals surface area contributed by atoms with Crippen molar-refractivity contribution in [2.24, 2.45) is 0 Å². The molecular formula is C25H22F3NO. The third-order valence-electron chi connectivity index (χ3n) is 6.02. The van der Waals surface area contributed by atoms with E-state index in [4.69, 9.17) is 0 Å². The van der Waals surface area contributed by atoms with Crippen LogP contribution in [0.3, 0.4) is 0 Å². The number of amides is 1. The van der Waals surface area contributed by atoms with E-state index in [9.17, 15) is 18.0 Å². The van der Waals surface area contributed by atoms with Crippen LogP contribution in [0, 0.1) is 0 Å². The highest BCUT2D eigenvalue weighted by Crippen LogP contribution is 2.47. The highest BCUT2D eigenvalue weighted by Gasteiger charge is 2.46. The fourth-order valence-electron chi connectivity index (χ4n) is 4.58. The lowest BCUT2D eigenvalue weighted by Crippen LogP contribution is -2.47. The first-order valence-electron chi connectivity index (χ1n) is 10.0. The predicted molar refractivity (Wildman–Crippen MR) is 110 cm³/mol. The first-order chi connectivity index (χ1) is 14.4. The predicted octanol–water partition coefficient (Wildman–Crippen LogP) is 5.97. The number of carbonyl (C=O) groups is 1. The van der Waals surface area contributed by atoms with Gasteiger partial charge in [-0.05, 0) is 48.2 Å². The second-order valence-corrected chi connectivity index (χ2v) is 7.70. The Bertz CT molecular complexity index is 1000. The van der Waals surface area contributed by atoms with Crippen molar-refractivity contribution in [1.82, 2.24) is 5.32 Å². The molecule has 1 N–H and O–H groups in total. The fourth-order valence-corrected chi connectivity index (χ4v) is 4.58. The monoisotopic (exact) mass is 409 g/mol. The van der Waals surface area contributed by atoms with Crippen LogP contribution in [-0.4, -0.2) is 11.9 Å². The molecule has 0 aliphatic heterocycles. The molecule has 154 valence electrons. The summed E-state index contributed by atoms with van der Waals surface area (Å²) in [6.07, 6.45) is -2.00. The summed E-state index contributed by atoms with van der Waals surface area (Å²) in [5.41, 5.74) is 1.12.